The minimum absolute atomic E-state index is 0.124. The molecule has 1 N–H and O–H groups in total. The highest BCUT2D eigenvalue weighted by Gasteiger charge is 2.14. The number of methoxy groups -OCH3 is 3. The van der Waals surface area contributed by atoms with Gasteiger partial charge in [0.2, 0.25) is 0 Å². The fourth-order valence-electron chi connectivity index (χ4n) is 3.75. The number of nitrogens with one attached hydrogen (secondary N) is 1. The lowest BCUT2D eigenvalue weighted by Gasteiger charge is -2.17. The molecule has 0 spiro atoms. The fourth-order valence-corrected chi connectivity index (χ4v) is 3.75. The average molecular weight is 564 g/mol. The van der Waals surface area contributed by atoms with Crippen LogP contribution in [0.2, 0.25) is 0 Å². The summed E-state index contributed by atoms with van der Waals surface area (Å²) in [6.45, 7) is 16.5. The maximum atomic E-state index is 13.3. The Bertz CT molecular complexity index is 1260. The van der Waals surface area contributed by atoms with Crippen LogP contribution in [0.5, 0.6) is 0 Å². The third kappa shape index (κ3) is 12.3. The SMILES string of the molecule is C=C/C(=C\C=C/C)C(C)Cn1nc(C(C)/C=C(\C=C/C)NC(=O)C(/C=C(\COC)OC)=C/COC)cc/c1=N/N=C. The van der Waals surface area contributed by atoms with Gasteiger partial charge in [-0.2, -0.15) is 10.2 Å². The van der Waals surface area contributed by atoms with Gasteiger partial charge in [-0.1, -0.05) is 56.9 Å². The molecule has 1 aromatic heterocycles. The van der Waals surface area contributed by atoms with E-state index in [0.29, 0.717) is 29.1 Å². The van der Waals surface area contributed by atoms with Crippen molar-refractivity contribution in [1.82, 2.24) is 15.1 Å². The van der Waals surface area contributed by atoms with Crippen molar-refractivity contribution in [2.24, 2.45) is 16.1 Å². The molecule has 1 amide bonds. The summed E-state index contributed by atoms with van der Waals surface area (Å²) in [6, 6.07) is 3.76. The number of allylic oxidation sites excluding steroid dienone is 8. The van der Waals surface area contributed by atoms with Gasteiger partial charge in [0.15, 0.2) is 5.49 Å². The van der Waals surface area contributed by atoms with Crippen LogP contribution in [0.3, 0.4) is 0 Å². The number of hydrogen-bond acceptors (Lipinski definition) is 7. The van der Waals surface area contributed by atoms with Crippen molar-refractivity contribution in [2.75, 3.05) is 34.5 Å². The predicted molar refractivity (Wildman–Crippen MR) is 166 cm³/mol. The van der Waals surface area contributed by atoms with Crippen molar-refractivity contribution in [3.8, 4) is 0 Å². The number of carbonyl (C=O) groups excluding carboxylic acids is 1. The zero-order chi connectivity index (χ0) is 30.6. The molecule has 1 aromatic rings. The summed E-state index contributed by atoms with van der Waals surface area (Å²) in [5.74, 6) is 0.186. The highest BCUT2D eigenvalue weighted by Crippen LogP contribution is 2.18. The Kier molecular flexibility index (Phi) is 17.0. The first kappa shape index (κ1) is 34.9. The second-order valence-electron chi connectivity index (χ2n) is 9.06. The summed E-state index contributed by atoms with van der Waals surface area (Å²) in [5.41, 5.74) is 3.48. The first-order valence-electron chi connectivity index (χ1n) is 13.4. The van der Waals surface area contributed by atoms with Gasteiger partial charge in [0.05, 0.1) is 19.4 Å². The van der Waals surface area contributed by atoms with E-state index in [-0.39, 0.29) is 31.0 Å². The molecule has 0 aliphatic carbocycles. The van der Waals surface area contributed by atoms with Crippen LogP contribution >= 0.6 is 0 Å². The van der Waals surface area contributed by atoms with Crippen LogP contribution in [0, 0.1) is 5.92 Å². The zero-order valence-corrected chi connectivity index (χ0v) is 25.5. The second-order valence-corrected chi connectivity index (χ2v) is 9.06. The first-order chi connectivity index (χ1) is 19.8. The molecule has 222 valence electrons. The van der Waals surface area contributed by atoms with E-state index in [1.165, 1.54) is 7.11 Å². The topological polar surface area (TPSA) is 99.3 Å². The minimum atomic E-state index is -0.308. The van der Waals surface area contributed by atoms with E-state index >= 15 is 0 Å². The molecule has 0 aliphatic heterocycles. The third-order valence-electron chi connectivity index (χ3n) is 5.91. The van der Waals surface area contributed by atoms with Crippen molar-refractivity contribution in [3.63, 3.8) is 0 Å². The number of rotatable bonds is 17. The summed E-state index contributed by atoms with van der Waals surface area (Å²) in [6.07, 6.45) is 16.8. The van der Waals surface area contributed by atoms with E-state index in [4.69, 9.17) is 19.3 Å². The highest BCUT2D eigenvalue weighted by molar-refractivity contribution is 5.97. The Morgan fingerprint density at radius 2 is 1.93 bits per heavy atom. The summed E-state index contributed by atoms with van der Waals surface area (Å²) in [7, 11) is 4.66. The average Bonchev–Trinajstić information content (AvgIpc) is 2.96. The van der Waals surface area contributed by atoms with Gasteiger partial charge in [-0.15, -0.1) is 5.10 Å². The predicted octanol–water partition coefficient (Wildman–Crippen LogP) is 5.15. The van der Waals surface area contributed by atoms with E-state index in [1.54, 1.807) is 26.4 Å². The highest BCUT2D eigenvalue weighted by atomic mass is 16.5. The molecule has 1 rings (SSSR count). The Morgan fingerprint density at radius 3 is 2.51 bits per heavy atom. The third-order valence-corrected chi connectivity index (χ3v) is 5.91. The van der Waals surface area contributed by atoms with Crippen LogP contribution in [0.25, 0.3) is 0 Å². The lowest BCUT2D eigenvalue weighted by Crippen LogP contribution is -2.28. The number of hydrogen-bond donors (Lipinski definition) is 1. The van der Waals surface area contributed by atoms with Crippen LogP contribution in [0.4, 0.5) is 0 Å². The molecule has 9 nitrogen and oxygen atoms in total. The molecular formula is C32H45N5O4. The van der Waals surface area contributed by atoms with Crippen LogP contribution in [0.15, 0.2) is 106 Å². The number of amides is 1. The smallest absolute Gasteiger partial charge is 0.255 e. The van der Waals surface area contributed by atoms with Gasteiger partial charge >= 0.3 is 0 Å². The van der Waals surface area contributed by atoms with Gasteiger partial charge in [0.1, 0.15) is 12.4 Å². The van der Waals surface area contributed by atoms with Crippen LogP contribution in [-0.2, 0) is 25.5 Å². The zero-order valence-electron chi connectivity index (χ0n) is 25.5. The molecule has 0 saturated heterocycles. The van der Waals surface area contributed by atoms with Crippen molar-refractivity contribution >= 4 is 12.6 Å². The molecule has 0 aromatic carbocycles. The Labute approximate surface area is 244 Å². The molecular weight excluding hydrogens is 518 g/mol. The van der Waals surface area contributed by atoms with E-state index in [1.807, 2.05) is 80.1 Å². The summed E-state index contributed by atoms with van der Waals surface area (Å²) >= 11 is 0. The monoisotopic (exact) mass is 563 g/mol. The van der Waals surface area contributed by atoms with Crippen molar-refractivity contribution in [2.45, 2.75) is 40.2 Å². The van der Waals surface area contributed by atoms with Crippen molar-refractivity contribution in [3.05, 3.63) is 107 Å². The lowest BCUT2D eigenvalue weighted by atomic mass is 10.0. The van der Waals surface area contributed by atoms with E-state index in [2.05, 4.69) is 35.7 Å². The van der Waals surface area contributed by atoms with Crippen molar-refractivity contribution < 1.29 is 19.0 Å². The first-order valence-corrected chi connectivity index (χ1v) is 13.4. The summed E-state index contributed by atoms with van der Waals surface area (Å²) in [4.78, 5) is 13.3. The molecule has 1 heterocycles. The molecule has 0 radical (unpaired) electrons. The summed E-state index contributed by atoms with van der Waals surface area (Å²) < 4.78 is 17.5. The van der Waals surface area contributed by atoms with Crippen LogP contribution < -0.4 is 10.8 Å². The second kappa shape index (κ2) is 19.9. The lowest BCUT2D eigenvalue weighted by molar-refractivity contribution is -0.116. The Morgan fingerprint density at radius 1 is 1.17 bits per heavy atom. The molecule has 0 saturated carbocycles. The maximum absolute atomic E-state index is 13.3. The Balaban J connectivity index is 3.41. The minimum Gasteiger partial charge on any atom is -0.499 e. The van der Waals surface area contributed by atoms with E-state index in [9.17, 15) is 4.79 Å². The van der Waals surface area contributed by atoms with Gasteiger partial charge in [0.25, 0.3) is 5.91 Å². The van der Waals surface area contributed by atoms with Gasteiger partial charge in [0, 0.05) is 50.6 Å². The number of ether oxygens (including phenoxy) is 3. The normalized spacial score (nSPS) is 15.3. The van der Waals surface area contributed by atoms with Gasteiger partial charge in [-0.05, 0) is 49.8 Å². The summed E-state index contributed by atoms with van der Waals surface area (Å²) in [5, 5.41) is 15.7. The van der Waals surface area contributed by atoms with Crippen LogP contribution in [0.1, 0.15) is 39.3 Å². The van der Waals surface area contributed by atoms with E-state index in [0.717, 1.165) is 11.3 Å². The molecule has 2 atom stereocenters. The fraction of sp³-hybridized carbons (Fsp3) is 0.375. The maximum Gasteiger partial charge on any atom is 0.255 e. The van der Waals surface area contributed by atoms with Gasteiger partial charge in [-0.3, -0.25) is 4.79 Å². The molecule has 0 bridgehead atoms. The van der Waals surface area contributed by atoms with Gasteiger partial charge < -0.3 is 19.5 Å². The molecule has 41 heavy (non-hydrogen) atoms. The quantitative estimate of drug-likeness (QED) is 0.0929. The number of nitrogens with zero attached hydrogens (tertiary/aromatic N) is 4. The van der Waals surface area contributed by atoms with Gasteiger partial charge in [-0.25, -0.2) is 4.68 Å². The standard InChI is InChI=1S/C32H45N5O4/c1-10-13-15-26(12-3)25(5)22-37-31(35-33-6)17-16-30(36-37)24(4)20-28(14-11-2)34-32(38)27(18-19-39-7)21-29(41-9)23-40-8/h10-18,20-21,24-25H,3,6,19,22-23H2,1-2,4-5,7-9H3,(H,34,38)/b13-10-,14-11-,26-15+,27-18+,28-20+,29-21+,35-31-. The Hall–Kier alpha value is -4.08. The largest absolute Gasteiger partial charge is 0.499 e. The number of aromatic nitrogens is 2. The van der Waals surface area contributed by atoms with Crippen LogP contribution in [-0.4, -0.2) is 56.9 Å². The molecule has 9 heteroatoms. The molecule has 0 aliphatic rings. The number of carbonyl (C=O) groups is 1. The molecule has 0 fully saturated rings. The van der Waals surface area contributed by atoms with E-state index < -0.39 is 0 Å². The molecule has 2 unspecified atom stereocenters. The van der Waals surface area contributed by atoms with Crippen molar-refractivity contribution in [1.29, 1.82) is 0 Å².